The molecule has 0 radical (unpaired) electrons. The van der Waals surface area contributed by atoms with Gasteiger partial charge in [0.2, 0.25) is 0 Å². The molecule has 1 aliphatic rings. The summed E-state index contributed by atoms with van der Waals surface area (Å²) >= 11 is 1.89. The normalized spacial score (nSPS) is 27.5. The molecule has 0 aromatic heterocycles. The first-order valence-electron chi connectivity index (χ1n) is 7.64. The predicted octanol–water partition coefficient (Wildman–Crippen LogP) is 5.26. The topological polar surface area (TPSA) is 12.5 Å². The summed E-state index contributed by atoms with van der Waals surface area (Å²) in [5.74, 6) is 0.970. The van der Waals surface area contributed by atoms with Gasteiger partial charge in [-0.25, -0.2) is 0 Å². The molecule has 0 N–H and O–H groups in total. The van der Waals surface area contributed by atoms with Gasteiger partial charge in [-0.3, -0.25) is 0 Å². The van der Waals surface area contributed by atoms with Crippen LogP contribution in [0.2, 0.25) is 0 Å². The molecule has 2 atom stereocenters. The van der Waals surface area contributed by atoms with Crippen molar-refractivity contribution in [2.24, 2.45) is 0 Å². The molecule has 0 aliphatic carbocycles. The molecule has 0 amide bonds. The summed E-state index contributed by atoms with van der Waals surface area (Å²) in [4.78, 5) is 1.31. The van der Waals surface area contributed by atoms with Gasteiger partial charge in [0, 0.05) is 10.6 Å². The lowest BCUT2D eigenvalue weighted by Crippen LogP contribution is -2.24. The molecule has 2 aromatic rings. The first kappa shape index (κ1) is 14.7. The minimum absolute atomic E-state index is 0.0229. The Morgan fingerprint density at radius 2 is 1.57 bits per heavy atom. The third-order valence-electron chi connectivity index (χ3n) is 4.36. The van der Waals surface area contributed by atoms with E-state index in [0.717, 1.165) is 18.6 Å². The molecule has 0 saturated carbocycles. The lowest BCUT2D eigenvalue weighted by atomic mass is 9.86. The molecule has 110 valence electrons. The van der Waals surface area contributed by atoms with Gasteiger partial charge in [0.15, 0.2) is 0 Å². The highest BCUT2D eigenvalue weighted by molar-refractivity contribution is 7.99. The van der Waals surface area contributed by atoms with Crippen LogP contribution in [-0.2, 0) is 10.3 Å². The van der Waals surface area contributed by atoms with Crippen LogP contribution < -0.4 is 0 Å². The Hall–Kier alpha value is -1.25. The van der Waals surface area contributed by atoms with E-state index in [1.54, 1.807) is 0 Å². The lowest BCUT2D eigenvalue weighted by molar-refractivity contribution is 0.272. The van der Waals surface area contributed by atoms with Crippen LogP contribution in [0.15, 0.2) is 65.6 Å². The second-order valence-corrected chi connectivity index (χ2v) is 6.93. The monoisotopic (exact) mass is 298 g/mol. The summed E-state index contributed by atoms with van der Waals surface area (Å²) in [6, 6.07) is 21.3. The average Bonchev–Trinajstić information content (AvgIpc) is 3.13. The molecule has 1 nitrogen and oxygen atoms in total. The quantitative estimate of drug-likeness (QED) is 0.532. The van der Waals surface area contributed by atoms with E-state index in [1.807, 2.05) is 11.8 Å². The maximum atomic E-state index is 6.32. The largest absolute Gasteiger partial charge is 0.357 e. The van der Waals surface area contributed by atoms with Crippen LogP contribution in [0.3, 0.4) is 0 Å². The van der Waals surface area contributed by atoms with Crippen molar-refractivity contribution in [3.63, 3.8) is 0 Å². The summed E-state index contributed by atoms with van der Waals surface area (Å²) in [6.07, 6.45) is 2.26. The van der Waals surface area contributed by atoms with Crippen molar-refractivity contribution in [2.45, 2.75) is 42.8 Å². The van der Waals surface area contributed by atoms with E-state index < -0.39 is 0 Å². The molecule has 1 saturated heterocycles. The van der Waals surface area contributed by atoms with Crippen LogP contribution in [-0.4, -0.2) is 11.4 Å². The highest BCUT2D eigenvalue weighted by atomic mass is 32.2. The minimum atomic E-state index is -0.134. The Morgan fingerprint density at radius 1 is 0.952 bits per heavy atom. The molecule has 0 spiro atoms. The highest BCUT2D eigenvalue weighted by Crippen LogP contribution is 2.59. The summed E-state index contributed by atoms with van der Waals surface area (Å²) in [7, 11) is 0. The van der Waals surface area contributed by atoms with Gasteiger partial charge in [-0.1, -0.05) is 61.9 Å². The summed E-state index contributed by atoms with van der Waals surface area (Å²) in [5, 5.41) is 0. The fourth-order valence-corrected chi connectivity index (χ4v) is 4.38. The average molecular weight is 298 g/mol. The van der Waals surface area contributed by atoms with Gasteiger partial charge < -0.3 is 4.74 Å². The zero-order valence-electron chi connectivity index (χ0n) is 12.7. The number of rotatable bonds is 6. The Balaban J connectivity index is 1.82. The van der Waals surface area contributed by atoms with Gasteiger partial charge in [0.1, 0.15) is 11.2 Å². The summed E-state index contributed by atoms with van der Waals surface area (Å²) < 4.78 is 6.32. The fourth-order valence-electron chi connectivity index (χ4n) is 3.13. The second-order valence-electron chi connectivity index (χ2n) is 5.88. The molecule has 1 aliphatic heterocycles. The molecular weight excluding hydrogens is 276 g/mol. The molecule has 2 aromatic carbocycles. The highest BCUT2D eigenvalue weighted by Gasteiger charge is 2.66. The molecule has 2 unspecified atom stereocenters. The van der Waals surface area contributed by atoms with Gasteiger partial charge >= 0.3 is 0 Å². The lowest BCUT2D eigenvalue weighted by Gasteiger charge is -2.17. The van der Waals surface area contributed by atoms with Crippen LogP contribution in [0.25, 0.3) is 0 Å². The molecule has 2 heteroatoms. The van der Waals surface area contributed by atoms with E-state index in [2.05, 4.69) is 74.5 Å². The molecule has 0 bridgehead atoms. The Labute approximate surface area is 131 Å². The van der Waals surface area contributed by atoms with Crippen LogP contribution >= 0.6 is 11.8 Å². The van der Waals surface area contributed by atoms with Crippen LogP contribution in [0.1, 0.15) is 32.3 Å². The smallest absolute Gasteiger partial charge is 0.132 e. The van der Waals surface area contributed by atoms with Gasteiger partial charge in [0.25, 0.3) is 0 Å². The summed E-state index contributed by atoms with van der Waals surface area (Å²) in [6.45, 7) is 4.49. The Morgan fingerprint density at radius 3 is 2.19 bits per heavy atom. The van der Waals surface area contributed by atoms with Crippen molar-refractivity contribution >= 4 is 11.8 Å². The second kappa shape index (κ2) is 5.86. The standard InChI is InChI=1S/C19H22OS/c1-3-14-18(2)19(20-18,16-10-6-4-7-11-16)15-21-17-12-8-5-9-13-17/h4-13H,3,14-15H2,1-2H3. The Bertz CT molecular complexity index is 583. The van der Waals surface area contributed by atoms with E-state index in [0.29, 0.717) is 0 Å². The number of thioether (sulfide) groups is 1. The van der Waals surface area contributed by atoms with E-state index >= 15 is 0 Å². The van der Waals surface area contributed by atoms with E-state index in [-0.39, 0.29) is 11.2 Å². The van der Waals surface area contributed by atoms with Gasteiger partial charge in [-0.05, 0) is 31.0 Å². The van der Waals surface area contributed by atoms with Crippen LogP contribution in [0.4, 0.5) is 0 Å². The first-order valence-corrected chi connectivity index (χ1v) is 8.62. The maximum absolute atomic E-state index is 6.32. The fraction of sp³-hybridized carbons (Fsp3) is 0.368. The van der Waals surface area contributed by atoms with Crippen molar-refractivity contribution in [3.05, 3.63) is 66.2 Å². The predicted molar refractivity (Wildman–Crippen MR) is 89.7 cm³/mol. The number of hydrogen-bond acceptors (Lipinski definition) is 2. The number of benzene rings is 2. The van der Waals surface area contributed by atoms with E-state index in [1.165, 1.54) is 10.5 Å². The minimum Gasteiger partial charge on any atom is -0.357 e. The number of hydrogen-bond donors (Lipinski definition) is 0. The van der Waals surface area contributed by atoms with E-state index in [9.17, 15) is 0 Å². The van der Waals surface area contributed by atoms with Crippen molar-refractivity contribution in [2.75, 3.05) is 5.75 Å². The number of ether oxygens (including phenoxy) is 1. The SMILES string of the molecule is CCCC1(C)OC1(CSc1ccccc1)c1ccccc1. The molecule has 1 heterocycles. The van der Waals surface area contributed by atoms with Crippen molar-refractivity contribution in [1.29, 1.82) is 0 Å². The third-order valence-corrected chi connectivity index (χ3v) is 5.52. The number of epoxide rings is 1. The molecule has 1 fully saturated rings. The van der Waals surface area contributed by atoms with Gasteiger partial charge in [-0.15, -0.1) is 11.8 Å². The first-order chi connectivity index (χ1) is 10.2. The maximum Gasteiger partial charge on any atom is 0.132 e. The third kappa shape index (κ3) is 2.75. The zero-order chi connectivity index (χ0) is 14.8. The van der Waals surface area contributed by atoms with Gasteiger partial charge in [0.05, 0.1) is 0 Å². The van der Waals surface area contributed by atoms with Crippen LogP contribution in [0.5, 0.6) is 0 Å². The zero-order valence-corrected chi connectivity index (χ0v) is 13.5. The molecule has 3 rings (SSSR count). The molecule has 21 heavy (non-hydrogen) atoms. The van der Waals surface area contributed by atoms with Crippen molar-refractivity contribution < 1.29 is 4.74 Å². The summed E-state index contributed by atoms with van der Waals surface area (Å²) in [5.41, 5.74) is 1.15. The van der Waals surface area contributed by atoms with E-state index in [4.69, 9.17) is 4.74 Å². The van der Waals surface area contributed by atoms with Crippen LogP contribution in [0, 0.1) is 0 Å². The molecular formula is C19H22OS. The van der Waals surface area contributed by atoms with Gasteiger partial charge in [-0.2, -0.15) is 0 Å². The van der Waals surface area contributed by atoms with Crippen molar-refractivity contribution in [3.8, 4) is 0 Å². The van der Waals surface area contributed by atoms with Crippen molar-refractivity contribution in [1.82, 2.24) is 0 Å². The Kier molecular flexibility index (Phi) is 4.10.